The highest BCUT2D eigenvalue weighted by atomic mass is 32.1. The number of hydrogen-bond acceptors (Lipinski definition) is 5. The Kier molecular flexibility index (Phi) is 6.08. The quantitative estimate of drug-likeness (QED) is 0.611. The third-order valence-electron chi connectivity index (χ3n) is 4.14. The fourth-order valence-corrected chi connectivity index (χ4v) is 3.80. The van der Waals surface area contributed by atoms with E-state index >= 15 is 0 Å². The Bertz CT molecular complexity index is 921. The second-order valence-corrected chi connectivity index (χ2v) is 6.87. The van der Waals surface area contributed by atoms with Crippen LogP contribution in [-0.4, -0.2) is 29.8 Å². The Hall–Kier alpha value is -2.86. The van der Waals surface area contributed by atoms with Crippen molar-refractivity contribution in [2.24, 2.45) is 0 Å². The molecular formula is C21H21NO4S. The Morgan fingerprint density at radius 1 is 1.15 bits per heavy atom. The smallest absolute Gasteiger partial charge is 0.347 e. The molecule has 3 aromatic rings. The van der Waals surface area contributed by atoms with Gasteiger partial charge in [-0.25, -0.2) is 9.78 Å². The molecule has 1 N–H and O–H groups in total. The summed E-state index contributed by atoms with van der Waals surface area (Å²) in [6.45, 7) is 2.38. The van der Waals surface area contributed by atoms with Crippen molar-refractivity contribution < 1.29 is 19.4 Å². The van der Waals surface area contributed by atoms with Gasteiger partial charge in [-0.05, 0) is 24.1 Å². The highest BCUT2D eigenvalue weighted by Crippen LogP contribution is 2.40. The van der Waals surface area contributed by atoms with E-state index < -0.39 is 5.97 Å². The molecule has 0 saturated carbocycles. The van der Waals surface area contributed by atoms with E-state index in [-0.39, 0.29) is 4.88 Å². The van der Waals surface area contributed by atoms with Crippen LogP contribution in [0.4, 0.5) is 0 Å². The number of carbonyl (C=O) groups is 1. The van der Waals surface area contributed by atoms with Gasteiger partial charge in [-0.2, -0.15) is 0 Å². The summed E-state index contributed by atoms with van der Waals surface area (Å²) in [5, 5.41) is 10.0. The van der Waals surface area contributed by atoms with Crippen LogP contribution < -0.4 is 9.47 Å². The lowest BCUT2D eigenvalue weighted by molar-refractivity contribution is 0.0701. The van der Waals surface area contributed by atoms with E-state index in [1.807, 2.05) is 43.3 Å². The van der Waals surface area contributed by atoms with Crippen molar-refractivity contribution in [1.29, 1.82) is 0 Å². The number of nitrogens with zero attached hydrogens (tertiary/aromatic N) is 1. The van der Waals surface area contributed by atoms with Crippen LogP contribution in [0.1, 0.15) is 27.9 Å². The molecule has 0 aliphatic heterocycles. The maximum absolute atomic E-state index is 11.5. The third kappa shape index (κ3) is 4.28. The molecular weight excluding hydrogens is 362 g/mol. The van der Waals surface area contributed by atoms with Crippen molar-refractivity contribution in [1.82, 2.24) is 4.98 Å². The first kappa shape index (κ1) is 18.9. The molecule has 1 heterocycles. The lowest BCUT2D eigenvalue weighted by Gasteiger charge is -2.14. The second kappa shape index (κ2) is 8.68. The third-order valence-corrected chi connectivity index (χ3v) is 5.25. The number of aromatic carboxylic acids is 1. The van der Waals surface area contributed by atoms with Gasteiger partial charge in [0.15, 0.2) is 11.5 Å². The summed E-state index contributed by atoms with van der Waals surface area (Å²) in [6.07, 6.45) is 1.32. The number of carboxylic acid groups (broad SMARTS) is 1. The average Bonchev–Trinajstić information content (AvgIpc) is 3.13. The molecule has 6 heteroatoms. The Morgan fingerprint density at radius 2 is 1.93 bits per heavy atom. The summed E-state index contributed by atoms with van der Waals surface area (Å²) in [5.74, 6) is 0.236. The first-order chi connectivity index (χ1) is 13.1. The zero-order valence-electron chi connectivity index (χ0n) is 15.3. The van der Waals surface area contributed by atoms with Gasteiger partial charge >= 0.3 is 5.97 Å². The molecule has 0 aliphatic carbocycles. The molecule has 2 aromatic carbocycles. The average molecular weight is 383 g/mol. The summed E-state index contributed by atoms with van der Waals surface area (Å²) < 4.78 is 11.5. The van der Waals surface area contributed by atoms with Gasteiger partial charge in [0.1, 0.15) is 9.88 Å². The van der Waals surface area contributed by atoms with E-state index in [0.29, 0.717) is 35.2 Å². The van der Waals surface area contributed by atoms with E-state index in [0.717, 1.165) is 23.3 Å². The largest absolute Gasteiger partial charge is 0.493 e. The predicted octanol–water partition coefficient (Wildman–Crippen LogP) is 4.70. The van der Waals surface area contributed by atoms with Crippen LogP contribution in [0, 0.1) is 0 Å². The normalized spacial score (nSPS) is 10.6. The fraction of sp³-hybridized carbons (Fsp3) is 0.238. The van der Waals surface area contributed by atoms with E-state index in [1.165, 1.54) is 5.56 Å². The van der Waals surface area contributed by atoms with Crippen LogP contribution in [0.2, 0.25) is 0 Å². The molecule has 0 atom stereocenters. The van der Waals surface area contributed by atoms with Crippen molar-refractivity contribution in [3.8, 4) is 22.1 Å². The standard InChI is InChI=1S/C21H21NO4S/c1-3-16-19(21(23)24)27-20(22-16)15-10-7-11-17(25-2)18(15)26-13-12-14-8-5-4-6-9-14/h4-11H,3,12-13H2,1-2H3,(H,23,24). The van der Waals surface area contributed by atoms with Crippen LogP contribution in [0.25, 0.3) is 10.6 Å². The van der Waals surface area contributed by atoms with Crippen molar-refractivity contribution in [2.45, 2.75) is 19.8 Å². The van der Waals surface area contributed by atoms with Gasteiger partial charge in [-0.3, -0.25) is 0 Å². The van der Waals surface area contributed by atoms with Gasteiger partial charge in [-0.15, -0.1) is 11.3 Å². The van der Waals surface area contributed by atoms with Gasteiger partial charge in [-0.1, -0.05) is 43.3 Å². The van der Waals surface area contributed by atoms with Gasteiger partial charge < -0.3 is 14.6 Å². The summed E-state index contributed by atoms with van der Waals surface area (Å²) in [7, 11) is 1.59. The fourth-order valence-electron chi connectivity index (χ4n) is 2.78. The number of methoxy groups -OCH3 is 1. The second-order valence-electron chi connectivity index (χ2n) is 5.87. The van der Waals surface area contributed by atoms with E-state index in [2.05, 4.69) is 17.1 Å². The minimum absolute atomic E-state index is 0.269. The molecule has 0 amide bonds. The number of hydrogen-bond donors (Lipinski definition) is 1. The number of ether oxygens (including phenoxy) is 2. The topological polar surface area (TPSA) is 68.7 Å². The van der Waals surface area contributed by atoms with Gasteiger partial charge in [0.05, 0.1) is 25.0 Å². The number of benzene rings is 2. The highest BCUT2D eigenvalue weighted by molar-refractivity contribution is 7.17. The molecule has 0 radical (unpaired) electrons. The molecule has 27 heavy (non-hydrogen) atoms. The Morgan fingerprint density at radius 3 is 2.56 bits per heavy atom. The Labute approximate surface area is 162 Å². The predicted molar refractivity (Wildman–Crippen MR) is 106 cm³/mol. The SMILES string of the molecule is CCc1nc(-c2cccc(OC)c2OCCc2ccccc2)sc1C(=O)O. The molecule has 0 fully saturated rings. The minimum atomic E-state index is -0.954. The van der Waals surface area contributed by atoms with E-state index in [9.17, 15) is 9.90 Å². The summed E-state index contributed by atoms with van der Waals surface area (Å²) >= 11 is 1.16. The van der Waals surface area contributed by atoms with E-state index in [4.69, 9.17) is 9.47 Å². The number of thiazole rings is 1. The first-order valence-corrected chi connectivity index (χ1v) is 9.52. The Balaban J connectivity index is 1.90. The number of aryl methyl sites for hydroxylation is 1. The van der Waals surface area contributed by atoms with Gasteiger partial charge in [0.2, 0.25) is 0 Å². The van der Waals surface area contributed by atoms with Gasteiger partial charge in [0.25, 0.3) is 0 Å². The molecule has 5 nitrogen and oxygen atoms in total. The molecule has 0 aliphatic rings. The van der Waals surface area contributed by atoms with Crippen molar-refractivity contribution in [3.05, 3.63) is 64.7 Å². The van der Waals surface area contributed by atoms with Crippen LogP contribution in [-0.2, 0) is 12.8 Å². The number of rotatable bonds is 8. The molecule has 0 spiro atoms. The highest BCUT2D eigenvalue weighted by Gasteiger charge is 2.21. The van der Waals surface area contributed by atoms with Crippen LogP contribution in [0.3, 0.4) is 0 Å². The minimum Gasteiger partial charge on any atom is -0.493 e. The van der Waals surface area contributed by atoms with Crippen LogP contribution in [0.5, 0.6) is 11.5 Å². The number of para-hydroxylation sites is 1. The zero-order chi connectivity index (χ0) is 19.2. The van der Waals surface area contributed by atoms with Crippen molar-refractivity contribution >= 4 is 17.3 Å². The monoisotopic (exact) mass is 383 g/mol. The molecule has 1 aromatic heterocycles. The molecule has 0 bridgehead atoms. The van der Waals surface area contributed by atoms with Crippen molar-refractivity contribution in [3.63, 3.8) is 0 Å². The molecule has 0 saturated heterocycles. The lowest BCUT2D eigenvalue weighted by Crippen LogP contribution is -2.04. The molecule has 0 unspecified atom stereocenters. The first-order valence-electron chi connectivity index (χ1n) is 8.71. The number of carboxylic acids is 1. The summed E-state index contributed by atoms with van der Waals surface area (Å²) in [5.41, 5.74) is 2.51. The van der Waals surface area contributed by atoms with Crippen molar-refractivity contribution in [2.75, 3.05) is 13.7 Å². The maximum atomic E-state index is 11.5. The number of aromatic nitrogens is 1. The summed E-state index contributed by atoms with van der Waals surface area (Å²) in [6, 6.07) is 15.7. The molecule has 140 valence electrons. The van der Waals surface area contributed by atoms with Crippen LogP contribution >= 0.6 is 11.3 Å². The molecule has 3 rings (SSSR count). The van der Waals surface area contributed by atoms with E-state index in [1.54, 1.807) is 7.11 Å². The lowest BCUT2D eigenvalue weighted by atomic mass is 10.1. The summed E-state index contributed by atoms with van der Waals surface area (Å²) in [4.78, 5) is 16.3. The zero-order valence-corrected chi connectivity index (χ0v) is 16.1. The maximum Gasteiger partial charge on any atom is 0.347 e. The van der Waals surface area contributed by atoms with Gasteiger partial charge in [0, 0.05) is 6.42 Å². The van der Waals surface area contributed by atoms with Crippen LogP contribution in [0.15, 0.2) is 48.5 Å².